The van der Waals surface area contributed by atoms with Gasteiger partial charge in [-0.15, -0.1) is 0 Å². The Morgan fingerprint density at radius 2 is 2.28 bits per heavy atom. The van der Waals surface area contributed by atoms with Crippen LogP contribution in [0, 0.1) is 23.1 Å². The molecule has 1 aromatic carbocycles. The van der Waals surface area contributed by atoms with Crippen molar-refractivity contribution < 1.29 is 4.39 Å². The maximum Gasteiger partial charge on any atom is 0.143 e. The monoisotopic (exact) mass is 246 g/mol. The van der Waals surface area contributed by atoms with Crippen molar-refractivity contribution in [1.29, 1.82) is 5.26 Å². The minimum absolute atomic E-state index is 0.135. The molecule has 0 radical (unpaired) electrons. The Labute approximate surface area is 108 Å². The van der Waals surface area contributed by atoms with Crippen LogP contribution >= 0.6 is 0 Å². The summed E-state index contributed by atoms with van der Waals surface area (Å²) < 4.78 is 13.5. The summed E-state index contributed by atoms with van der Waals surface area (Å²) in [7, 11) is 0. The highest BCUT2D eigenvalue weighted by atomic mass is 19.1. The van der Waals surface area contributed by atoms with Crippen molar-refractivity contribution in [2.24, 2.45) is 5.92 Å². The summed E-state index contributed by atoms with van der Waals surface area (Å²) in [6.07, 6.45) is 5.94. The maximum absolute atomic E-state index is 13.5. The van der Waals surface area contributed by atoms with Crippen molar-refractivity contribution in [3.63, 3.8) is 0 Å². The smallest absolute Gasteiger partial charge is 0.143 e. The van der Waals surface area contributed by atoms with Gasteiger partial charge in [0, 0.05) is 6.04 Å². The van der Waals surface area contributed by atoms with Crippen molar-refractivity contribution in [3.05, 3.63) is 29.6 Å². The molecular formula is C15H19FN2. The number of halogens is 1. The molecule has 1 aliphatic carbocycles. The normalized spacial score (nSPS) is 23.4. The van der Waals surface area contributed by atoms with E-state index < -0.39 is 5.82 Å². The van der Waals surface area contributed by atoms with E-state index in [-0.39, 0.29) is 5.56 Å². The van der Waals surface area contributed by atoms with Gasteiger partial charge in [-0.25, -0.2) is 4.39 Å². The third kappa shape index (κ3) is 2.81. The Bertz CT molecular complexity index is 450. The molecule has 3 heteroatoms. The van der Waals surface area contributed by atoms with Gasteiger partial charge in [0.2, 0.25) is 0 Å². The Morgan fingerprint density at radius 3 is 3.00 bits per heavy atom. The van der Waals surface area contributed by atoms with Gasteiger partial charge in [0.25, 0.3) is 0 Å². The molecule has 0 amide bonds. The fourth-order valence-corrected chi connectivity index (χ4v) is 2.77. The molecule has 1 aliphatic rings. The fourth-order valence-electron chi connectivity index (χ4n) is 2.77. The van der Waals surface area contributed by atoms with E-state index in [2.05, 4.69) is 12.2 Å². The highest BCUT2D eigenvalue weighted by molar-refractivity contribution is 5.58. The van der Waals surface area contributed by atoms with Crippen LogP contribution in [0.15, 0.2) is 18.2 Å². The molecule has 1 aromatic rings. The maximum atomic E-state index is 13.5. The first-order valence-electron chi connectivity index (χ1n) is 6.69. The molecule has 0 spiro atoms. The first kappa shape index (κ1) is 12.9. The summed E-state index contributed by atoms with van der Waals surface area (Å²) in [5, 5.41) is 12.3. The first-order valence-corrected chi connectivity index (χ1v) is 6.69. The zero-order valence-corrected chi connectivity index (χ0v) is 10.7. The fraction of sp³-hybridized carbons (Fsp3) is 0.533. The van der Waals surface area contributed by atoms with Crippen LogP contribution in [0.25, 0.3) is 0 Å². The lowest BCUT2D eigenvalue weighted by molar-refractivity contribution is 0.327. The number of nitrogens with zero attached hydrogens (tertiary/aromatic N) is 1. The summed E-state index contributed by atoms with van der Waals surface area (Å²) >= 11 is 0. The van der Waals surface area contributed by atoms with E-state index in [4.69, 9.17) is 5.26 Å². The lowest BCUT2D eigenvalue weighted by atomic mass is 9.84. The predicted octanol–water partition coefficient (Wildman–Crippen LogP) is 4.08. The van der Waals surface area contributed by atoms with E-state index in [1.807, 2.05) is 6.07 Å². The summed E-state index contributed by atoms with van der Waals surface area (Å²) in [5.41, 5.74) is 0.773. The third-order valence-electron chi connectivity index (χ3n) is 3.85. The molecule has 96 valence electrons. The predicted molar refractivity (Wildman–Crippen MR) is 70.8 cm³/mol. The van der Waals surface area contributed by atoms with Gasteiger partial charge in [-0.3, -0.25) is 0 Å². The van der Waals surface area contributed by atoms with Crippen LogP contribution in [0.1, 0.15) is 44.6 Å². The Kier molecular flexibility index (Phi) is 4.19. The number of nitriles is 1. The third-order valence-corrected chi connectivity index (χ3v) is 3.85. The summed E-state index contributed by atoms with van der Waals surface area (Å²) in [6.45, 7) is 2.22. The number of benzene rings is 1. The molecule has 2 atom stereocenters. The van der Waals surface area contributed by atoms with Crippen LogP contribution < -0.4 is 5.32 Å². The van der Waals surface area contributed by atoms with Crippen LogP contribution in [-0.4, -0.2) is 6.04 Å². The number of anilines is 1. The molecule has 18 heavy (non-hydrogen) atoms. The molecule has 1 fully saturated rings. The second-order valence-electron chi connectivity index (χ2n) is 5.06. The molecule has 1 N–H and O–H groups in total. The Hall–Kier alpha value is -1.56. The summed E-state index contributed by atoms with van der Waals surface area (Å²) in [4.78, 5) is 0. The van der Waals surface area contributed by atoms with Crippen molar-refractivity contribution >= 4 is 5.69 Å². The Morgan fingerprint density at radius 1 is 1.44 bits per heavy atom. The largest absolute Gasteiger partial charge is 0.381 e. The zero-order valence-electron chi connectivity index (χ0n) is 10.7. The van der Waals surface area contributed by atoms with E-state index >= 15 is 0 Å². The molecule has 0 bridgehead atoms. The van der Waals surface area contributed by atoms with E-state index in [1.54, 1.807) is 12.1 Å². The number of nitrogens with one attached hydrogen (secondary N) is 1. The topological polar surface area (TPSA) is 35.8 Å². The molecule has 1 saturated carbocycles. The van der Waals surface area contributed by atoms with Crippen LogP contribution in [0.5, 0.6) is 0 Å². The van der Waals surface area contributed by atoms with Crippen LogP contribution in [-0.2, 0) is 0 Å². The molecule has 0 aliphatic heterocycles. The van der Waals surface area contributed by atoms with E-state index in [0.29, 0.717) is 11.7 Å². The molecule has 0 aromatic heterocycles. The van der Waals surface area contributed by atoms with Crippen LogP contribution in [0.2, 0.25) is 0 Å². The highest BCUT2D eigenvalue weighted by Crippen LogP contribution is 2.29. The quantitative estimate of drug-likeness (QED) is 0.872. The van der Waals surface area contributed by atoms with Gasteiger partial charge < -0.3 is 5.32 Å². The SMILES string of the molecule is CCC1CCCC(Nc2cccc(F)c2C#N)C1. The average Bonchev–Trinajstić information content (AvgIpc) is 2.39. The van der Waals surface area contributed by atoms with E-state index in [9.17, 15) is 4.39 Å². The van der Waals surface area contributed by atoms with Crippen molar-refractivity contribution in [1.82, 2.24) is 0 Å². The van der Waals surface area contributed by atoms with Crippen molar-refractivity contribution in [2.45, 2.75) is 45.1 Å². The van der Waals surface area contributed by atoms with Gasteiger partial charge in [0.1, 0.15) is 17.4 Å². The van der Waals surface area contributed by atoms with Gasteiger partial charge in [-0.2, -0.15) is 5.26 Å². The van der Waals surface area contributed by atoms with Gasteiger partial charge in [0.15, 0.2) is 0 Å². The second kappa shape index (κ2) is 5.86. The summed E-state index contributed by atoms with van der Waals surface area (Å²) in [6, 6.07) is 7.09. The molecule has 2 unspecified atom stereocenters. The average molecular weight is 246 g/mol. The number of hydrogen-bond donors (Lipinski definition) is 1. The second-order valence-corrected chi connectivity index (χ2v) is 5.06. The zero-order chi connectivity index (χ0) is 13.0. The minimum atomic E-state index is -0.439. The molecular weight excluding hydrogens is 227 g/mol. The number of rotatable bonds is 3. The van der Waals surface area contributed by atoms with Gasteiger partial charge in [-0.05, 0) is 30.9 Å². The standard InChI is InChI=1S/C15H19FN2/c1-2-11-5-3-6-12(9-11)18-15-8-4-7-14(16)13(15)10-17/h4,7-8,11-12,18H,2-3,5-6,9H2,1H3. The van der Waals surface area contributed by atoms with Gasteiger partial charge in [0.05, 0.1) is 5.69 Å². The number of hydrogen-bond acceptors (Lipinski definition) is 2. The van der Waals surface area contributed by atoms with Crippen LogP contribution in [0.4, 0.5) is 10.1 Å². The molecule has 0 heterocycles. The summed E-state index contributed by atoms with van der Waals surface area (Å²) in [5.74, 6) is 0.320. The van der Waals surface area contributed by atoms with Gasteiger partial charge >= 0.3 is 0 Å². The van der Waals surface area contributed by atoms with E-state index in [0.717, 1.165) is 18.8 Å². The molecule has 2 rings (SSSR count). The van der Waals surface area contributed by atoms with Gasteiger partial charge in [-0.1, -0.05) is 32.3 Å². The van der Waals surface area contributed by atoms with Crippen LogP contribution in [0.3, 0.4) is 0 Å². The highest BCUT2D eigenvalue weighted by Gasteiger charge is 2.21. The molecule has 2 nitrogen and oxygen atoms in total. The van der Waals surface area contributed by atoms with Crippen molar-refractivity contribution in [3.8, 4) is 6.07 Å². The van der Waals surface area contributed by atoms with Crippen molar-refractivity contribution in [2.75, 3.05) is 5.32 Å². The lowest BCUT2D eigenvalue weighted by Crippen LogP contribution is -2.27. The molecule has 0 saturated heterocycles. The Balaban J connectivity index is 2.10. The minimum Gasteiger partial charge on any atom is -0.381 e. The first-order chi connectivity index (χ1) is 8.74. The lowest BCUT2D eigenvalue weighted by Gasteiger charge is -2.30. The van der Waals surface area contributed by atoms with E-state index in [1.165, 1.54) is 25.3 Å².